The Morgan fingerprint density at radius 3 is 2.56 bits per heavy atom. The summed E-state index contributed by atoms with van der Waals surface area (Å²) in [7, 11) is 0. The number of rotatable bonds is 2. The number of fused-ring (bicyclic) bond motifs is 1. The van der Waals surface area contributed by atoms with Gasteiger partial charge >= 0.3 is 0 Å². The first-order chi connectivity index (χ1) is 13.0. The topological polar surface area (TPSA) is 88.2 Å². The highest BCUT2D eigenvalue weighted by molar-refractivity contribution is 6.36. The Morgan fingerprint density at radius 2 is 1.81 bits per heavy atom. The van der Waals surface area contributed by atoms with Gasteiger partial charge in [0.25, 0.3) is 5.91 Å². The number of nitrogens with zero attached hydrogens (tertiary/aromatic N) is 5. The summed E-state index contributed by atoms with van der Waals surface area (Å²) in [6, 6.07) is 8.52. The van der Waals surface area contributed by atoms with Crippen LogP contribution in [0, 0.1) is 0 Å². The predicted molar refractivity (Wildman–Crippen MR) is 106 cm³/mol. The summed E-state index contributed by atoms with van der Waals surface area (Å²) >= 11 is 12.1. The standard InChI is InChI=1S/C18H16Cl2N6O/c19-11-1-2-12(14(20)9-11)18(27)26-7-5-25(6-8-26)17-13-3-4-15(21)24-16(13)22-10-23-17/h1-4,9-10H,5-8H2,(H2,21,22,23,24). The molecule has 3 heterocycles. The first-order valence-corrected chi connectivity index (χ1v) is 9.15. The van der Waals surface area contributed by atoms with Crippen LogP contribution in [0.25, 0.3) is 11.0 Å². The van der Waals surface area contributed by atoms with Gasteiger partial charge in [-0.1, -0.05) is 23.2 Å². The highest BCUT2D eigenvalue weighted by Gasteiger charge is 2.25. The van der Waals surface area contributed by atoms with E-state index in [-0.39, 0.29) is 5.91 Å². The molecule has 1 saturated heterocycles. The van der Waals surface area contributed by atoms with Gasteiger partial charge in [-0.05, 0) is 30.3 Å². The molecular weight excluding hydrogens is 387 g/mol. The van der Waals surface area contributed by atoms with E-state index in [1.54, 1.807) is 29.2 Å². The van der Waals surface area contributed by atoms with Gasteiger partial charge in [-0.2, -0.15) is 0 Å². The normalized spacial score (nSPS) is 14.6. The highest BCUT2D eigenvalue weighted by atomic mass is 35.5. The Kier molecular flexibility index (Phi) is 4.72. The van der Waals surface area contributed by atoms with Gasteiger partial charge in [-0.15, -0.1) is 0 Å². The molecule has 0 aliphatic carbocycles. The Bertz CT molecular complexity index is 1020. The summed E-state index contributed by atoms with van der Waals surface area (Å²) in [5, 5.41) is 1.71. The van der Waals surface area contributed by atoms with Gasteiger partial charge in [0, 0.05) is 31.2 Å². The van der Waals surface area contributed by atoms with Crippen molar-refractivity contribution in [2.24, 2.45) is 0 Å². The van der Waals surface area contributed by atoms with Crippen molar-refractivity contribution in [1.82, 2.24) is 19.9 Å². The van der Waals surface area contributed by atoms with Crippen LogP contribution in [0.4, 0.5) is 11.6 Å². The van der Waals surface area contributed by atoms with Crippen molar-refractivity contribution >= 4 is 51.8 Å². The minimum absolute atomic E-state index is 0.0988. The Labute approximate surface area is 165 Å². The van der Waals surface area contributed by atoms with E-state index < -0.39 is 0 Å². The molecular formula is C18H16Cl2N6O. The maximum atomic E-state index is 12.8. The number of nitrogens with two attached hydrogens (primary N) is 1. The van der Waals surface area contributed by atoms with Crippen LogP contribution in [-0.4, -0.2) is 51.9 Å². The van der Waals surface area contributed by atoms with Crippen LogP contribution >= 0.6 is 23.2 Å². The van der Waals surface area contributed by atoms with Gasteiger partial charge in [-0.25, -0.2) is 15.0 Å². The molecule has 4 rings (SSSR count). The number of piperazine rings is 1. The number of anilines is 2. The van der Waals surface area contributed by atoms with Gasteiger partial charge in [-0.3, -0.25) is 4.79 Å². The molecule has 0 unspecified atom stereocenters. The third-order valence-electron chi connectivity index (χ3n) is 4.53. The van der Waals surface area contributed by atoms with Gasteiger partial charge in [0.15, 0.2) is 5.65 Å². The Hall–Kier alpha value is -2.64. The zero-order valence-electron chi connectivity index (χ0n) is 14.3. The predicted octanol–water partition coefficient (Wildman–Crippen LogP) is 2.88. The van der Waals surface area contributed by atoms with Crippen molar-refractivity contribution in [3.8, 4) is 0 Å². The van der Waals surface area contributed by atoms with Crippen molar-refractivity contribution in [2.75, 3.05) is 36.8 Å². The second-order valence-corrected chi connectivity index (χ2v) is 7.05. The molecule has 9 heteroatoms. The van der Waals surface area contributed by atoms with Crippen LogP contribution in [0.5, 0.6) is 0 Å². The molecule has 0 bridgehead atoms. The lowest BCUT2D eigenvalue weighted by atomic mass is 10.1. The number of amides is 1. The van der Waals surface area contributed by atoms with E-state index in [2.05, 4.69) is 19.9 Å². The van der Waals surface area contributed by atoms with E-state index in [1.807, 2.05) is 6.07 Å². The third kappa shape index (κ3) is 3.48. The van der Waals surface area contributed by atoms with E-state index >= 15 is 0 Å². The van der Waals surface area contributed by atoms with Crippen molar-refractivity contribution in [3.63, 3.8) is 0 Å². The largest absolute Gasteiger partial charge is 0.384 e. The first-order valence-electron chi connectivity index (χ1n) is 8.39. The van der Waals surface area contributed by atoms with Crippen LogP contribution < -0.4 is 10.6 Å². The number of pyridine rings is 1. The number of carbonyl (C=O) groups excluding carboxylic acids is 1. The molecule has 1 amide bonds. The molecule has 138 valence electrons. The smallest absolute Gasteiger partial charge is 0.255 e. The van der Waals surface area contributed by atoms with Gasteiger partial charge in [0.05, 0.1) is 16.0 Å². The number of hydrogen-bond donors (Lipinski definition) is 1. The zero-order valence-corrected chi connectivity index (χ0v) is 15.8. The number of hydrogen-bond acceptors (Lipinski definition) is 6. The summed E-state index contributed by atoms with van der Waals surface area (Å²) in [5.74, 6) is 1.12. The average Bonchev–Trinajstić information content (AvgIpc) is 2.67. The molecule has 1 fully saturated rings. The summed E-state index contributed by atoms with van der Waals surface area (Å²) in [4.78, 5) is 29.5. The maximum Gasteiger partial charge on any atom is 0.255 e. The van der Waals surface area contributed by atoms with Gasteiger partial charge in [0.2, 0.25) is 0 Å². The molecule has 2 aromatic heterocycles. The molecule has 2 N–H and O–H groups in total. The van der Waals surface area contributed by atoms with Crippen molar-refractivity contribution in [2.45, 2.75) is 0 Å². The zero-order chi connectivity index (χ0) is 19.0. The van der Waals surface area contributed by atoms with Crippen LogP contribution in [0.1, 0.15) is 10.4 Å². The molecule has 1 aliphatic heterocycles. The lowest BCUT2D eigenvalue weighted by Gasteiger charge is -2.35. The van der Waals surface area contributed by atoms with E-state index in [0.29, 0.717) is 53.3 Å². The van der Waals surface area contributed by atoms with E-state index in [4.69, 9.17) is 28.9 Å². The Morgan fingerprint density at radius 1 is 1.04 bits per heavy atom. The van der Waals surface area contributed by atoms with Gasteiger partial charge < -0.3 is 15.5 Å². The number of nitrogen functional groups attached to an aromatic ring is 1. The van der Waals surface area contributed by atoms with E-state index in [0.717, 1.165) is 11.2 Å². The summed E-state index contributed by atoms with van der Waals surface area (Å²) < 4.78 is 0. The lowest BCUT2D eigenvalue weighted by molar-refractivity contribution is 0.0747. The van der Waals surface area contributed by atoms with Crippen molar-refractivity contribution < 1.29 is 4.79 Å². The first kappa shape index (κ1) is 17.8. The second kappa shape index (κ2) is 7.17. The maximum absolute atomic E-state index is 12.8. The minimum atomic E-state index is -0.0988. The monoisotopic (exact) mass is 402 g/mol. The molecule has 1 aliphatic rings. The summed E-state index contributed by atoms with van der Waals surface area (Å²) in [5.41, 5.74) is 6.75. The van der Waals surface area contributed by atoms with Crippen molar-refractivity contribution in [1.29, 1.82) is 0 Å². The third-order valence-corrected chi connectivity index (χ3v) is 5.07. The highest BCUT2D eigenvalue weighted by Crippen LogP contribution is 2.25. The van der Waals surface area contributed by atoms with E-state index in [1.165, 1.54) is 6.33 Å². The SMILES string of the molecule is Nc1ccc2c(N3CCN(C(=O)c4ccc(Cl)cc4Cl)CC3)ncnc2n1. The van der Waals surface area contributed by atoms with Crippen LogP contribution in [0.3, 0.4) is 0 Å². The fraction of sp³-hybridized carbons (Fsp3) is 0.222. The molecule has 1 aromatic carbocycles. The number of carbonyl (C=O) groups is 1. The van der Waals surface area contributed by atoms with Gasteiger partial charge in [0.1, 0.15) is 18.0 Å². The fourth-order valence-corrected chi connectivity index (χ4v) is 3.64. The number of aromatic nitrogens is 3. The van der Waals surface area contributed by atoms with Crippen LogP contribution in [0.15, 0.2) is 36.7 Å². The number of benzene rings is 1. The second-order valence-electron chi connectivity index (χ2n) is 6.21. The summed E-state index contributed by atoms with van der Waals surface area (Å²) in [6.07, 6.45) is 1.48. The molecule has 0 radical (unpaired) electrons. The lowest BCUT2D eigenvalue weighted by Crippen LogP contribution is -2.49. The Balaban J connectivity index is 1.52. The van der Waals surface area contributed by atoms with E-state index in [9.17, 15) is 4.79 Å². The molecule has 7 nitrogen and oxygen atoms in total. The molecule has 0 spiro atoms. The molecule has 0 atom stereocenters. The molecule has 0 saturated carbocycles. The average molecular weight is 403 g/mol. The molecule has 27 heavy (non-hydrogen) atoms. The molecule has 3 aromatic rings. The minimum Gasteiger partial charge on any atom is -0.384 e. The fourth-order valence-electron chi connectivity index (χ4n) is 3.15. The number of halogens is 2. The summed E-state index contributed by atoms with van der Waals surface area (Å²) in [6.45, 7) is 2.41. The van der Waals surface area contributed by atoms with Crippen molar-refractivity contribution in [3.05, 3.63) is 52.3 Å². The quantitative estimate of drug-likeness (QED) is 0.708. The van der Waals surface area contributed by atoms with Crippen LogP contribution in [0.2, 0.25) is 10.0 Å². The van der Waals surface area contributed by atoms with Crippen LogP contribution in [-0.2, 0) is 0 Å².